The Balaban J connectivity index is 1.60. The molecule has 1 saturated heterocycles. The number of benzene rings is 1. The lowest BCUT2D eigenvalue weighted by molar-refractivity contribution is -0.146. The van der Waals surface area contributed by atoms with Gasteiger partial charge in [-0.3, -0.25) is 4.79 Å². The standard InChI is InChI=1S/C18H21N3O3/c1-23-18(22)13-7-9-21-15(11-13)19-20-17(21)16-14(8-10-24-16)12-5-3-2-4-6-12/h2-6,13-14,16H,7-11H2,1H3/t13?,14-,16-/m0/s1. The topological polar surface area (TPSA) is 66.2 Å². The Morgan fingerprint density at radius 2 is 2.08 bits per heavy atom. The van der Waals surface area contributed by atoms with Crippen LogP contribution in [0.5, 0.6) is 0 Å². The first-order valence-electron chi connectivity index (χ1n) is 8.44. The van der Waals surface area contributed by atoms with Gasteiger partial charge in [0.15, 0.2) is 5.82 Å². The maximum atomic E-state index is 11.8. The van der Waals surface area contributed by atoms with Gasteiger partial charge in [-0.25, -0.2) is 0 Å². The molecule has 0 bridgehead atoms. The van der Waals surface area contributed by atoms with Crippen LogP contribution in [-0.2, 0) is 27.2 Å². The number of methoxy groups -OCH3 is 1. The number of rotatable bonds is 3. The SMILES string of the molecule is COC(=O)C1CCn2c(nnc2[C@H]2OCC[C@H]2c2ccccc2)C1. The van der Waals surface area contributed by atoms with Crippen molar-refractivity contribution < 1.29 is 14.3 Å². The van der Waals surface area contributed by atoms with E-state index in [1.165, 1.54) is 12.7 Å². The summed E-state index contributed by atoms with van der Waals surface area (Å²) in [6, 6.07) is 10.4. The van der Waals surface area contributed by atoms with Gasteiger partial charge in [-0.05, 0) is 18.4 Å². The van der Waals surface area contributed by atoms with Gasteiger partial charge in [0.05, 0.1) is 13.0 Å². The normalized spacial score (nSPS) is 26.1. The quantitative estimate of drug-likeness (QED) is 0.809. The molecule has 1 unspecified atom stereocenters. The number of esters is 1. The highest BCUT2D eigenvalue weighted by molar-refractivity contribution is 5.72. The second kappa shape index (κ2) is 6.36. The van der Waals surface area contributed by atoms with Crippen molar-refractivity contribution in [2.45, 2.75) is 37.8 Å². The van der Waals surface area contributed by atoms with Crippen molar-refractivity contribution in [3.63, 3.8) is 0 Å². The van der Waals surface area contributed by atoms with Gasteiger partial charge in [0.25, 0.3) is 0 Å². The van der Waals surface area contributed by atoms with Gasteiger partial charge < -0.3 is 14.0 Å². The average molecular weight is 327 g/mol. The number of carbonyl (C=O) groups excluding carboxylic acids is 1. The molecule has 24 heavy (non-hydrogen) atoms. The van der Waals surface area contributed by atoms with Crippen molar-refractivity contribution in [2.24, 2.45) is 5.92 Å². The van der Waals surface area contributed by atoms with Gasteiger partial charge in [-0.15, -0.1) is 10.2 Å². The number of hydrogen-bond acceptors (Lipinski definition) is 5. The van der Waals surface area contributed by atoms with E-state index in [0.717, 1.165) is 37.6 Å². The van der Waals surface area contributed by atoms with Gasteiger partial charge in [0.1, 0.15) is 11.9 Å². The molecule has 2 aliphatic rings. The summed E-state index contributed by atoms with van der Waals surface area (Å²) in [5, 5.41) is 8.73. The molecule has 1 aromatic carbocycles. The summed E-state index contributed by atoms with van der Waals surface area (Å²) in [7, 11) is 1.43. The van der Waals surface area contributed by atoms with Crippen LogP contribution in [0.3, 0.4) is 0 Å². The largest absolute Gasteiger partial charge is 0.469 e. The van der Waals surface area contributed by atoms with Crippen molar-refractivity contribution in [1.82, 2.24) is 14.8 Å². The van der Waals surface area contributed by atoms with Crippen LogP contribution in [0, 0.1) is 5.92 Å². The zero-order chi connectivity index (χ0) is 16.5. The van der Waals surface area contributed by atoms with Crippen LogP contribution in [0.4, 0.5) is 0 Å². The second-order valence-electron chi connectivity index (χ2n) is 6.44. The third-order valence-electron chi connectivity index (χ3n) is 5.09. The highest BCUT2D eigenvalue weighted by atomic mass is 16.5. The Kier molecular flexibility index (Phi) is 4.06. The molecule has 0 saturated carbocycles. The number of carbonyl (C=O) groups is 1. The molecule has 0 amide bonds. The molecule has 6 heteroatoms. The highest BCUT2D eigenvalue weighted by Gasteiger charge is 2.37. The van der Waals surface area contributed by atoms with Crippen LogP contribution in [-0.4, -0.2) is 34.5 Å². The lowest BCUT2D eigenvalue weighted by Gasteiger charge is -2.24. The van der Waals surface area contributed by atoms with E-state index in [4.69, 9.17) is 9.47 Å². The Hall–Kier alpha value is -2.21. The number of nitrogens with zero attached hydrogens (tertiary/aromatic N) is 3. The molecule has 3 atom stereocenters. The number of hydrogen-bond donors (Lipinski definition) is 0. The first kappa shape index (κ1) is 15.3. The van der Waals surface area contributed by atoms with Gasteiger partial charge in [-0.2, -0.15) is 0 Å². The predicted molar refractivity (Wildman–Crippen MR) is 86.3 cm³/mol. The van der Waals surface area contributed by atoms with Crippen molar-refractivity contribution in [2.75, 3.05) is 13.7 Å². The van der Waals surface area contributed by atoms with E-state index in [9.17, 15) is 4.79 Å². The molecular formula is C18H21N3O3. The Labute approximate surface area is 140 Å². The fourth-order valence-electron chi connectivity index (χ4n) is 3.82. The fourth-order valence-corrected chi connectivity index (χ4v) is 3.82. The highest BCUT2D eigenvalue weighted by Crippen LogP contribution is 2.41. The molecule has 0 N–H and O–H groups in total. The van der Waals surface area contributed by atoms with Crippen LogP contribution >= 0.6 is 0 Å². The summed E-state index contributed by atoms with van der Waals surface area (Å²) in [5.74, 6) is 1.77. The van der Waals surface area contributed by atoms with Crippen LogP contribution in [0.2, 0.25) is 0 Å². The molecule has 2 aliphatic heterocycles. The van der Waals surface area contributed by atoms with E-state index in [0.29, 0.717) is 12.3 Å². The van der Waals surface area contributed by atoms with E-state index in [1.807, 2.05) is 6.07 Å². The van der Waals surface area contributed by atoms with E-state index in [2.05, 4.69) is 39.0 Å². The van der Waals surface area contributed by atoms with Crippen LogP contribution in [0.25, 0.3) is 0 Å². The fraction of sp³-hybridized carbons (Fsp3) is 0.500. The van der Waals surface area contributed by atoms with E-state index in [-0.39, 0.29) is 18.0 Å². The molecule has 0 radical (unpaired) electrons. The summed E-state index contributed by atoms with van der Waals surface area (Å²) < 4.78 is 13.0. The Morgan fingerprint density at radius 3 is 2.88 bits per heavy atom. The van der Waals surface area contributed by atoms with Crippen LogP contribution in [0.1, 0.15) is 42.1 Å². The molecule has 0 aliphatic carbocycles. The van der Waals surface area contributed by atoms with Gasteiger partial charge >= 0.3 is 5.97 Å². The molecule has 3 heterocycles. The van der Waals surface area contributed by atoms with E-state index < -0.39 is 0 Å². The minimum atomic E-state index is -0.162. The average Bonchev–Trinajstić information content (AvgIpc) is 3.27. The predicted octanol–water partition coefficient (Wildman–Crippen LogP) is 2.26. The van der Waals surface area contributed by atoms with Crippen LogP contribution < -0.4 is 0 Å². The zero-order valence-corrected chi connectivity index (χ0v) is 13.7. The summed E-state index contributed by atoms with van der Waals surface area (Å²) >= 11 is 0. The number of ether oxygens (including phenoxy) is 2. The van der Waals surface area contributed by atoms with Crippen LogP contribution in [0.15, 0.2) is 30.3 Å². The molecule has 126 valence electrons. The maximum Gasteiger partial charge on any atom is 0.309 e. The van der Waals surface area contributed by atoms with Gasteiger partial charge in [0, 0.05) is 25.5 Å². The summed E-state index contributed by atoms with van der Waals surface area (Å²) in [5.41, 5.74) is 1.28. The lowest BCUT2D eigenvalue weighted by Crippen LogP contribution is -2.28. The minimum Gasteiger partial charge on any atom is -0.469 e. The smallest absolute Gasteiger partial charge is 0.309 e. The monoisotopic (exact) mass is 327 g/mol. The third kappa shape index (κ3) is 2.60. The zero-order valence-electron chi connectivity index (χ0n) is 13.7. The van der Waals surface area contributed by atoms with Crippen molar-refractivity contribution in [3.05, 3.63) is 47.5 Å². The summed E-state index contributed by atoms with van der Waals surface area (Å²) in [6.45, 7) is 1.47. The van der Waals surface area contributed by atoms with Crippen molar-refractivity contribution >= 4 is 5.97 Å². The minimum absolute atomic E-state index is 0.0664. The molecule has 2 aromatic rings. The van der Waals surface area contributed by atoms with E-state index in [1.54, 1.807) is 0 Å². The summed E-state index contributed by atoms with van der Waals surface area (Å²) in [4.78, 5) is 11.8. The molecular weight excluding hydrogens is 306 g/mol. The Morgan fingerprint density at radius 1 is 1.25 bits per heavy atom. The molecule has 6 nitrogen and oxygen atoms in total. The maximum absolute atomic E-state index is 11.8. The van der Waals surface area contributed by atoms with Gasteiger partial charge in [-0.1, -0.05) is 30.3 Å². The second-order valence-corrected chi connectivity index (χ2v) is 6.44. The number of aromatic nitrogens is 3. The summed E-state index contributed by atoms with van der Waals surface area (Å²) in [6.07, 6.45) is 2.26. The molecule has 1 aromatic heterocycles. The lowest BCUT2D eigenvalue weighted by atomic mass is 9.91. The van der Waals surface area contributed by atoms with Crippen molar-refractivity contribution in [1.29, 1.82) is 0 Å². The molecule has 0 spiro atoms. The molecule has 1 fully saturated rings. The van der Waals surface area contributed by atoms with E-state index >= 15 is 0 Å². The Bertz CT molecular complexity index is 728. The number of fused-ring (bicyclic) bond motifs is 1. The van der Waals surface area contributed by atoms with Crippen molar-refractivity contribution in [3.8, 4) is 0 Å². The third-order valence-corrected chi connectivity index (χ3v) is 5.09. The first-order valence-corrected chi connectivity index (χ1v) is 8.44. The van der Waals surface area contributed by atoms with Gasteiger partial charge in [0.2, 0.25) is 0 Å². The first-order chi connectivity index (χ1) is 11.8. The molecule has 4 rings (SSSR count).